The topological polar surface area (TPSA) is 173 Å². The molecule has 2 aliphatic rings. The Balaban J connectivity index is 1.56. The fourth-order valence-corrected chi connectivity index (χ4v) is 5.66. The van der Waals surface area contributed by atoms with Gasteiger partial charge in [0.1, 0.15) is 46.6 Å². The number of β-lactam (4-membered cyclic amide) rings is 1. The van der Waals surface area contributed by atoms with Crippen LogP contribution in [0.3, 0.4) is 0 Å². The van der Waals surface area contributed by atoms with Gasteiger partial charge in [0.15, 0.2) is 10.8 Å². The molecule has 0 bridgehead atoms. The molecule has 4 rings (SSSR count). The van der Waals surface area contributed by atoms with Crippen LogP contribution in [0, 0.1) is 0 Å². The van der Waals surface area contributed by atoms with E-state index < -0.39 is 29.2 Å². The SMILES string of the molecule is CO/N=C(\C(=O)N[C@@H]1C(=O)N2C(C(=O)O)=C(/C=C\c3c(Cl)ncnc3Cl)CS[C@H]12)c1csc(N)n1. The number of thioether (sulfide) groups is 1. The number of anilines is 1. The molecular weight excluding hydrogens is 541 g/mol. The zero-order valence-electron chi connectivity index (χ0n) is 17.6. The summed E-state index contributed by atoms with van der Waals surface area (Å²) < 4.78 is 0. The Bertz CT molecular complexity index is 1290. The van der Waals surface area contributed by atoms with E-state index in [1.54, 1.807) is 0 Å². The number of allylic oxidation sites excluding steroid dienone is 1. The molecule has 0 saturated carbocycles. The number of carboxylic acid groups (broad SMARTS) is 1. The van der Waals surface area contributed by atoms with Crippen LogP contribution in [-0.2, 0) is 19.2 Å². The van der Waals surface area contributed by atoms with Gasteiger partial charge in [-0.3, -0.25) is 14.5 Å². The number of thiazole rings is 1. The summed E-state index contributed by atoms with van der Waals surface area (Å²) in [6.07, 6.45) is 4.18. The molecule has 2 aliphatic heterocycles. The van der Waals surface area contributed by atoms with Gasteiger partial charge in [-0.2, -0.15) is 0 Å². The number of carbonyl (C=O) groups excluding carboxylic acids is 2. The number of rotatable bonds is 7. The molecule has 0 aliphatic carbocycles. The third-order valence-corrected chi connectivity index (χ3v) is 7.47. The molecule has 2 aromatic heterocycles. The zero-order chi connectivity index (χ0) is 25.3. The highest BCUT2D eigenvalue weighted by molar-refractivity contribution is 8.00. The average Bonchev–Trinajstić information content (AvgIpc) is 3.25. The third kappa shape index (κ3) is 4.82. The van der Waals surface area contributed by atoms with E-state index in [0.29, 0.717) is 11.1 Å². The average molecular weight is 556 g/mol. The lowest BCUT2D eigenvalue weighted by molar-refractivity contribution is -0.150. The molecular formula is C19H15Cl2N7O5S2. The van der Waals surface area contributed by atoms with Crippen molar-refractivity contribution in [2.75, 3.05) is 18.6 Å². The number of oxime groups is 1. The summed E-state index contributed by atoms with van der Waals surface area (Å²) in [4.78, 5) is 55.3. The lowest BCUT2D eigenvalue weighted by Gasteiger charge is -2.49. The summed E-state index contributed by atoms with van der Waals surface area (Å²) in [6.45, 7) is 0. The van der Waals surface area contributed by atoms with E-state index in [0.717, 1.165) is 16.2 Å². The molecule has 12 nitrogen and oxygen atoms in total. The number of carboxylic acids is 1. The summed E-state index contributed by atoms with van der Waals surface area (Å²) in [7, 11) is 1.26. The maximum atomic E-state index is 12.9. The monoisotopic (exact) mass is 555 g/mol. The number of nitrogens with zero attached hydrogens (tertiary/aromatic N) is 5. The Morgan fingerprint density at radius 1 is 1.34 bits per heavy atom. The number of nitrogens with one attached hydrogen (secondary N) is 1. The summed E-state index contributed by atoms with van der Waals surface area (Å²) in [5.41, 5.74) is 6.11. The third-order valence-electron chi connectivity index (χ3n) is 4.89. The van der Waals surface area contributed by atoms with E-state index in [2.05, 4.69) is 25.4 Å². The second-order valence-electron chi connectivity index (χ2n) is 6.94. The number of nitrogen functional groups attached to an aromatic ring is 1. The minimum Gasteiger partial charge on any atom is -0.477 e. The lowest BCUT2D eigenvalue weighted by Crippen LogP contribution is -2.71. The van der Waals surface area contributed by atoms with Crippen LogP contribution in [0.2, 0.25) is 10.3 Å². The smallest absolute Gasteiger partial charge is 0.352 e. The Kier molecular flexibility index (Phi) is 7.25. The molecule has 182 valence electrons. The fourth-order valence-electron chi connectivity index (χ4n) is 3.35. The first kappa shape index (κ1) is 24.9. The normalized spacial score (nSPS) is 20.0. The molecule has 2 amide bonds. The van der Waals surface area contributed by atoms with Gasteiger partial charge in [0.25, 0.3) is 11.8 Å². The van der Waals surface area contributed by atoms with Crippen molar-refractivity contribution >= 4 is 81.0 Å². The van der Waals surface area contributed by atoms with E-state index in [9.17, 15) is 19.5 Å². The van der Waals surface area contributed by atoms with Crippen molar-refractivity contribution in [3.05, 3.63) is 50.6 Å². The molecule has 35 heavy (non-hydrogen) atoms. The highest BCUT2D eigenvalue weighted by atomic mass is 35.5. The van der Waals surface area contributed by atoms with Crippen molar-refractivity contribution in [1.29, 1.82) is 0 Å². The largest absolute Gasteiger partial charge is 0.477 e. The molecule has 4 heterocycles. The van der Waals surface area contributed by atoms with Gasteiger partial charge in [0, 0.05) is 16.7 Å². The first-order valence-electron chi connectivity index (χ1n) is 9.61. The van der Waals surface area contributed by atoms with Gasteiger partial charge in [0.2, 0.25) is 0 Å². The van der Waals surface area contributed by atoms with Gasteiger partial charge in [-0.1, -0.05) is 34.4 Å². The second-order valence-corrected chi connectivity index (χ2v) is 9.65. The van der Waals surface area contributed by atoms with E-state index in [1.807, 2.05) is 0 Å². The molecule has 0 spiro atoms. The number of halogens is 2. The summed E-state index contributed by atoms with van der Waals surface area (Å²) >= 11 is 14.5. The molecule has 1 saturated heterocycles. The van der Waals surface area contributed by atoms with E-state index in [1.165, 1.54) is 42.7 Å². The van der Waals surface area contributed by atoms with Crippen LogP contribution >= 0.6 is 46.3 Å². The number of hydrogen-bond donors (Lipinski definition) is 3. The van der Waals surface area contributed by atoms with Crippen molar-refractivity contribution in [1.82, 2.24) is 25.2 Å². The summed E-state index contributed by atoms with van der Waals surface area (Å²) in [5.74, 6) is -2.36. The quantitative estimate of drug-likeness (QED) is 0.197. The maximum absolute atomic E-state index is 12.9. The Morgan fingerprint density at radius 3 is 2.66 bits per heavy atom. The Hall–Kier alpha value is -3.20. The van der Waals surface area contributed by atoms with Gasteiger partial charge in [-0.15, -0.1) is 23.1 Å². The number of aromatic nitrogens is 3. The van der Waals surface area contributed by atoms with Gasteiger partial charge in [0.05, 0.1) is 0 Å². The molecule has 4 N–H and O–H groups in total. The molecule has 16 heteroatoms. The van der Waals surface area contributed by atoms with Gasteiger partial charge in [-0.25, -0.2) is 19.7 Å². The van der Waals surface area contributed by atoms with E-state index in [-0.39, 0.29) is 38.3 Å². The first-order chi connectivity index (χ1) is 16.7. The van der Waals surface area contributed by atoms with Crippen molar-refractivity contribution < 1.29 is 24.3 Å². The lowest BCUT2D eigenvalue weighted by atomic mass is 10.0. The van der Waals surface area contributed by atoms with Gasteiger partial charge >= 0.3 is 5.97 Å². The predicted molar refractivity (Wildman–Crippen MR) is 131 cm³/mol. The zero-order valence-corrected chi connectivity index (χ0v) is 20.8. The highest BCUT2D eigenvalue weighted by Crippen LogP contribution is 2.41. The van der Waals surface area contributed by atoms with E-state index >= 15 is 0 Å². The molecule has 0 aromatic carbocycles. The molecule has 1 fully saturated rings. The van der Waals surface area contributed by atoms with Crippen LogP contribution in [-0.4, -0.2) is 72.7 Å². The van der Waals surface area contributed by atoms with Crippen LogP contribution in [0.4, 0.5) is 5.13 Å². The molecule has 2 atom stereocenters. The van der Waals surface area contributed by atoms with Gasteiger partial charge in [-0.05, 0) is 11.6 Å². The maximum Gasteiger partial charge on any atom is 0.352 e. The highest BCUT2D eigenvalue weighted by Gasteiger charge is 2.54. The first-order valence-corrected chi connectivity index (χ1v) is 12.3. The predicted octanol–water partition coefficient (Wildman–Crippen LogP) is 1.62. The van der Waals surface area contributed by atoms with Crippen molar-refractivity contribution in [2.45, 2.75) is 11.4 Å². The Morgan fingerprint density at radius 2 is 2.06 bits per heavy atom. The summed E-state index contributed by atoms with van der Waals surface area (Å²) in [5, 5.41) is 17.4. The number of nitrogens with two attached hydrogens (primary N) is 1. The fraction of sp³-hybridized carbons (Fsp3) is 0.211. The van der Waals surface area contributed by atoms with Crippen molar-refractivity contribution in [3.8, 4) is 0 Å². The number of carbonyl (C=O) groups is 3. The number of amides is 2. The van der Waals surface area contributed by atoms with Crippen LogP contribution in [0.25, 0.3) is 6.08 Å². The Labute approximate surface area is 215 Å². The minimum absolute atomic E-state index is 0.0956. The van der Waals surface area contributed by atoms with Gasteiger partial charge < -0.3 is 21.0 Å². The molecule has 0 radical (unpaired) electrons. The number of aliphatic carboxylic acids is 1. The van der Waals surface area contributed by atoms with Crippen molar-refractivity contribution in [3.63, 3.8) is 0 Å². The number of hydrogen-bond acceptors (Lipinski definition) is 11. The molecule has 0 unspecified atom stereocenters. The number of fused-ring (bicyclic) bond motifs is 1. The van der Waals surface area contributed by atoms with Crippen LogP contribution < -0.4 is 11.1 Å². The molecule has 2 aromatic rings. The van der Waals surface area contributed by atoms with Crippen LogP contribution in [0.5, 0.6) is 0 Å². The van der Waals surface area contributed by atoms with Crippen LogP contribution in [0.15, 0.2) is 34.2 Å². The summed E-state index contributed by atoms with van der Waals surface area (Å²) in [6, 6.07) is -0.975. The second kappa shape index (κ2) is 10.2. The minimum atomic E-state index is -1.30. The van der Waals surface area contributed by atoms with E-state index in [4.69, 9.17) is 33.8 Å². The van der Waals surface area contributed by atoms with Crippen LogP contribution in [0.1, 0.15) is 11.3 Å². The van der Waals surface area contributed by atoms with Crippen molar-refractivity contribution in [2.24, 2.45) is 5.16 Å². The standard InChI is InChI=1S/C19H15Cl2N7O5S2/c1-33-27-10(9-5-35-19(22)25-9)15(29)26-11-16(30)28-12(18(31)32)7(4-34-17(11)28)2-3-8-13(20)23-6-24-14(8)21/h2-3,5-6,11,17H,4H2,1H3,(H2,22,25)(H,26,29)(H,31,32)/b3-2-,27-10-/t11-,17-/m1/s1.